The summed E-state index contributed by atoms with van der Waals surface area (Å²) in [4.78, 5) is 2.32. The van der Waals surface area contributed by atoms with E-state index < -0.39 is 47.7 Å². The monoisotopic (exact) mass is 412 g/mol. The first kappa shape index (κ1) is 20.6. The fourth-order valence-electron chi connectivity index (χ4n) is 2.91. The van der Waals surface area contributed by atoms with Crippen LogP contribution in [0.25, 0.3) is 5.53 Å². The molecule has 1 aromatic rings. The molecule has 7 nitrogen and oxygen atoms in total. The lowest BCUT2D eigenvalue weighted by Crippen LogP contribution is -2.48. The number of nitrogens with zero attached hydrogens (tertiary/aromatic N) is 2. The molecule has 1 fully saturated rings. The van der Waals surface area contributed by atoms with Crippen LogP contribution < -0.4 is 4.74 Å². The molecule has 26 heavy (non-hydrogen) atoms. The van der Waals surface area contributed by atoms with Gasteiger partial charge in [-0.2, -0.15) is 4.79 Å². The summed E-state index contributed by atoms with van der Waals surface area (Å²) in [5.41, 5.74) is 9.29. The first-order valence-corrected chi connectivity index (χ1v) is 10.1. The molecule has 0 heterocycles. The quantitative estimate of drug-likeness (QED) is 0.268. The number of ether oxygens (including phenoxy) is 1. The van der Waals surface area contributed by atoms with Crippen molar-refractivity contribution in [2.75, 3.05) is 0 Å². The van der Waals surface area contributed by atoms with E-state index in [2.05, 4.69) is 9.53 Å². The molecule has 144 valence electrons. The van der Waals surface area contributed by atoms with Crippen molar-refractivity contribution in [3.63, 3.8) is 0 Å². The van der Waals surface area contributed by atoms with E-state index in [-0.39, 0.29) is 12.8 Å². The topological polar surface area (TPSA) is 117 Å². The minimum absolute atomic E-state index is 0.0317. The van der Waals surface area contributed by atoms with Gasteiger partial charge in [-0.1, -0.05) is 19.3 Å². The summed E-state index contributed by atoms with van der Waals surface area (Å²) in [6.45, 7) is 0. The zero-order chi connectivity index (χ0) is 19.6. The molecule has 12 heteroatoms. The zero-order valence-electron chi connectivity index (χ0n) is 13.3. The zero-order valence-corrected chi connectivity index (χ0v) is 14.9. The van der Waals surface area contributed by atoms with Crippen LogP contribution in [0.15, 0.2) is 29.2 Å². The third-order valence-corrected chi connectivity index (χ3v) is 7.37. The Morgan fingerprint density at radius 1 is 1.19 bits per heavy atom. The van der Waals surface area contributed by atoms with E-state index in [1.165, 1.54) is 0 Å². The van der Waals surface area contributed by atoms with Gasteiger partial charge in [-0.3, -0.25) is 0 Å². The lowest BCUT2D eigenvalue weighted by molar-refractivity contribution is -0.274. The molecule has 0 aliphatic heterocycles. The Balaban J connectivity index is 2.44. The molecule has 1 unspecified atom stereocenters. The van der Waals surface area contributed by atoms with Crippen LogP contribution >= 0.6 is 0 Å². The van der Waals surface area contributed by atoms with Gasteiger partial charge < -0.3 is 14.8 Å². The van der Waals surface area contributed by atoms with Gasteiger partial charge in [0.15, 0.2) is 15.8 Å². The Bertz CT molecular complexity index is 840. The van der Waals surface area contributed by atoms with Crippen LogP contribution in [-0.4, -0.2) is 38.1 Å². The van der Waals surface area contributed by atoms with Crippen molar-refractivity contribution in [1.82, 2.24) is 0 Å². The lowest BCUT2D eigenvalue weighted by Gasteiger charge is -2.29. The van der Waals surface area contributed by atoms with Crippen molar-refractivity contribution in [3.05, 3.63) is 29.8 Å². The van der Waals surface area contributed by atoms with Gasteiger partial charge in [0.1, 0.15) is 5.75 Å². The van der Waals surface area contributed by atoms with E-state index in [9.17, 15) is 35.9 Å². The van der Waals surface area contributed by atoms with Crippen LogP contribution in [0.3, 0.4) is 0 Å². The summed E-state index contributed by atoms with van der Waals surface area (Å²) >= 11 is -2.62. The number of hydrogen-bond donors (Lipinski definition) is 1. The van der Waals surface area contributed by atoms with Gasteiger partial charge in [0.2, 0.25) is 0 Å². The van der Waals surface area contributed by atoms with Crippen LogP contribution in [0.5, 0.6) is 5.75 Å². The number of halogens is 3. The Labute approximate surface area is 150 Å². The van der Waals surface area contributed by atoms with Crippen LogP contribution in [0, 0.1) is 0 Å². The molecule has 0 spiro atoms. The second kappa shape index (κ2) is 7.47. The van der Waals surface area contributed by atoms with E-state index in [0.717, 1.165) is 30.7 Å². The van der Waals surface area contributed by atoms with Gasteiger partial charge in [0.25, 0.3) is 9.84 Å². The van der Waals surface area contributed by atoms with Gasteiger partial charge >= 0.3 is 11.4 Å². The fourth-order valence-corrected chi connectivity index (χ4v) is 5.80. The molecule has 0 amide bonds. The van der Waals surface area contributed by atoms with Gasteiger partial charge in [0.05, 0.1) is 4.90 Å². The van der Waals surface area contributed by atoms with Crippen molar-refractivity contribution >= 4 is 26.0 Å². The van der Waals surface area contributed by atoms with E-state index in [4.69, 9.17) is 0 Å². The SMILES string of the molecule is [N-]=[N+]=C(C1(S(=O)O)CCCCC1)S(=O)(=O)c1ccc(OC(F)(F)F)cc1. The third kappa shape index (κ3) is 4.14. The molecule has 1 aliphatic carbocycles. The Hall–Kier alpha value is -1.75. The maximum absolute atomic E-state index is 12.8. The normalized spacial score (nSPS) is 18.6. The fraction of sp³-hybridized carbons (Fsp3) is 0.500. The molecule has 0 bridgehead atoms. The van der Waals surface area contributed by atoms with E-state index >= 15 is 0 Å². The number of sulfone groups is 1. The minimum Gasteiger partial charge on any atom is -0.406 e. The number of rotatable bonds is 4. The van der Waals surface area contributed by atoms with Crippen molar-refractivity contribution in [1.29, 1.82) is 0 Å². The van der Waals surface area contributed by atoms with Gasteiger partial charge in [-0.05, 0) is 37.1 Å². The highest BCUT2D eigenvalue weighted by atomic mass is 32.2. The van der Waals surface area contributed by atoms with Crippen molar-refractivity contribution in [3.8, 4) is 5.75 Å². The molecule has 1 atom stereocenters. The standard InChI is InChI=1S/C14H15F3N2O5S2/c15-14(16,17)24-10-4-6-11(7-5-10)26(22,23)12(19-18)13(25(20)21)8-2-1-3-9-13/h4-7H,1-3,8-9H2,(H,20,21). The molecule has 1 aromatic carbocycles. The minimum atomic E-state index is -4.93. The van der Waals surface area contributed by atoms with Crippen molar-refractivity contribution in [2.24, 2.45) is 0 Å². The number of benzene rings is 1. The molecule has 0 radical (unpaired) electrons. The summed E-state index contributed by atoms with van der Waals surface area (Å²) in [6.07, 6.45) is -3.19. The molecule has 0 saturated heterocycles. The summed E-state index contributed by atoms with van der Waals surface area (Å²) < 4.78 is 85.6. The Morgan fingerprint density at radius 2 is 1.73 bits per heavy atom. The number of alkyl halides is 3. The summed E-state index contributed by atoms with van der Waals surface area (Å²) in [5, 5.41) is -0.866. The van der Waals surface area contributed by atoms with Crippen LogP contribution in [0.4, 0.5) is 13.2 Å². The largest absolute Gasteiger partial charge is 0.573 e. The van der Waals surface area contributed by atoms with Gasteiger partial charge in [-0.15, -0.1) is 13.2 Å². The average molecular weight is 412 g/mol. The molecular formula is C14H15F3N2O5S2. The van der Waals surface area contributed by atoms with E-state index in [1.807, 2.05) is 0 Å². The number of hydrogen-bond acceptors (Lipinski definition) is 4. The molecule has 1 saturated carbocycles. The van der Waals surface area contributed by atoms with Crippen LogP contribution in [-0.2, 0) is 20.9 Å². The maximum atomic E-state index is 12.8. The molecule has 2 rings (SSSR count). The highest BCUT2D eigenvalue weighted by Gasteiger charge is 2.55. The summed E-state index contributed by atoms with van der Waals surface area (Å²) in [6, 6.07) is 3.27. The maximum Gasteiger partial charge on any atom is 0.573 e. The Morgan fingerprint density at radius 3 is 2.15 bits per heavy atom. The summed E-state index contributed by atoms with van der Waals surface area (Å²) in [5.74, 6) is -0.628. The second-order valence-corrected chi connectivity index (χ2v) is 8.88. The summed E-state index contributed by atoms with van der Waals surface area (Å²) in [7, 11) is -4.50. The first-order chi connectivity index (χ1) is 12.0. The van der Waals surface area contributed by atoms with Gasteiger partial charge in [-0.25, -0.2) is 12.6 Å². The highest BCUT2D eigenvalue weighted by Crippen LogP contribution is 2.37. The average Bonchev–Trinajstić information content (AvgIpc) is 2.55. The highest BCUT2D eigenvalue weighted by molar-refractivity contribution is 8.08. The van der Waals surface area contributed by atoms with Crippen LogP contribution in [0.1, 0.15) is 32.1 Å². The molecule has 1 aliphatic rings. The second-order valence-electron chi connectivity index (χ2n) is 5.73. The predicted octanol–water partition coefficient (Wildman–Crippen LogP) is 2.91. The molecule has 1 N–H and O–H groups in total. The molecular weight excluding hydrogens is 397 g/mol. The predicted molar refractivity (Wildman–Crippen MR) is 85.5 cm³/mol. The third-order valence-electron chi connectivity index (χ3n) is 4.10. The first-order valence-electron chi connectivity index (χ1n) is 7.47. The van der Waals surface area contributed by atoms with E-state index in [1.54, 1.807) is 0 Å². The Kier molecular flexibility index (Phi) is 5.91. The van der Waals surface area contributed by atoms with Crippen LogP contribution in [0.2, 0.25) is 0 Å². The lowest BCUT2D eigenvalue weighted by atomic mass is 9.89. The van der Waals surface area contributed by atoms with Gasteiger partial charge in [0, 0.05) is 0 Å². The smallest absolute Gasteiger partial charge is 0.406 e. The van der Waals surface area contributed by atoms with E-state index in [0.29, 0.717) is 12.8 Å². The molecule has 0 aromatic heterocycles. The van der Waals surface area contributed by atoms with Crippen molar-refractivity contribution < 1.29 is 39.9 Å². The van der Waals surface area contributed by atoms with Crippen molar-refractivity contribution in [2.45, 2.75) is 48.1 Å².